The van der Waals surface area contributed by atoms with Gasteiger partial charge < -0.3 is 5.11 Å². The molecule has 0 spiro atoms. The van der Waals surface area contributed by atoms with E-state index in [2.05, 4.69) is 4.72 Å². The molecule has 0 amide bonds. The van der Waals surface area contributed by atoms with Crippen LogP contribution in [0.5, 0.6) is 0 Å². The van der Waals surface area contributed by atoms with Gasteiger partial charge in [-0.2, -0.15) is 4.72 Å². The van der Waals surface area contributed by atoms with Gasteiger partial charge in [0.1, 0.15) is 6.04 Å². The van der Waals surface area contributed by atoms with Crippen molar-refractivity contribution in [2.24, 2.45) is 0 Å². The van der Waals surface area contributed by atoms with Crippen LogP contribution in [-0.2, 0) is 21.2 Å². The lowest BCUT2D eigenvalue weighted by molar-refractivity contribution is -0.138. The third-order valence-corrected chi connectivity index (χ3v) is 5.22. The van der Waals surface area contributed by atoms with E-state index in [1.165, 1.54) is 12.1 Å². The maximum absolute atomic E-state index is 12.4. The van der Waals surface area contributed by atoms with Gasteiger partial charge in [-0.1, -0.05) is 56.3 Å². The van der Waals surface area contributed by atoms with Crippen molar-refractivity contribution in [2.45, 2.75) is 37.1 Å². The molecule has 0 saturated carbocycles. The molecule has 24 heavy (non-hydrogen) atoms. The Labute approximate surface area is 142 Å². The summed E-state index contributed by atoms with van der Waals surface area (Å²) in [7, 11) is -3.90. The fraction of sp³-hybridized carbons (Fsp3) is 0.278. The minimum atomic E-state index is -3.90. The normalized spacial score (nSPS) is 13.0. The summed E-state index contributed by atoms with van der Waals surface area (Å²) >= 11 is 0. The predicted octanol–water partition coefficient (Wildman–Crippen LogP) is 2.78. The average Bonchev–Trinajstić information content (AvgIpc) is 2.55. The zero-order valence-corrected chi connectivity index (χ0v) is 14.5. The molecule has 0 aliphatic rings. The first-order valence-electron chi connectivity index (χ1n) is 7.68. The predicted molar refractivity (Wildman–Crippen MR) is 92.4 cm³/mol. The maximum Gasteiger partial charge on any atom is 0.322 e. The van der Waals surface area contributed by atoms with Crippen LogP contribution in [0.25, 0.3) is 0 Å². The van der Waals surface area contributed by atoms with Crippen molar-refractivity contribution in [3.05, 3.63) is 65.7 Å². The van der Waals surface area contributed by atoms with E-state index < -0.39 is 22.0 Å². The minimum Gasteiger partial charge on any atom is -0.480 e. The van der Waals surface area contributed by atoms with E-state index in [4.69, 9.17) is 0 Å². The van der Waals surface area contributed by atoms with E-state index in [0.717, 1.165) is 11.1 Å². The Morgan fingerprint density at radius 2 is 1.62 bits per heavy atom. The molecule has 0 fully saturated rings. The standard InChI is InChI=1S/C18H21NO4S/c1-13(2)15-8-10-16(11-9-15)24(22,23)19-17(18(20)21)12-14-6-4-3-5-7-14/h3-11,13,17,19H,12H2,1-2H3,(H,20,21). The fourth-order valence-corrected chi connectivity index (χ4v) is 3.51. The fourth-order valence-electron chi connectivity index (χ4n) is 2.32. The highest BCUT2D eigenvalue weighted by molar-refractivity contribution is 7.89. The van der Waals surface area contributed by atoms with E-state index in [1.54, 1.807) is 36.4 Å². The highest BCUT2D eigenvalue weighted by Crippen LogP contribution is 2.18. The van der Waals surface area contributed by atoms with Crippen molar-refractivity contribution >= 4 is 16.0 Å². The summed E-state index contributed by atoms with van der Waals surface area (Å²) in [5.41, 5.74) is 1.77. The Morgan fingerprint density at radius 3 is 2.12 bits per heavy atom. The molecule has 128 valence electrons. The first-order valence-corrected chi connectivity index (χ1v) is 9.17. The molecule has 1 unspecified atom stereocenters. The summed E-state index contributed by atoms with van der Waals surface area (Å²) < 4.78 is 27.2. The molecule has 6 heteroatoms. The molecule has 0 aliphatic heterocycles. The largest absolute Gasteiger partial charge is 0.480 e. The first-order chi connectivity index (χ1) is 11.3. The van der Waals surface area contributed by atoms with Crippen molar-refractivity contribution < 1.29 is 18.3 Å². The molecular formula is C18H21NO4S. The van der Waals surface area contributed by atoms with Crippen molar-refractivity contribution in [3.63, 3.8) is 0 Å². The number of hydrogen-bond acceptors (Lipinski definition) is 3. The van der Waals surface area contributed by atoms with Gasteiger partial charge in [0.15, 0.2) is 0 Å². The van der Waals surface area contributed by atoms with E-state index in [0.29, 0.717) is 5.92 Å². The SMILES string of the molecule is CC(C)c1ccc(S(=O)(=O)NC(Cc2ccccc2)C(=O)O)cc1. The van der Waals surface area contributed by atoms with Gasteiger partial charge in [-0.25, -0.2) is 8.42 Å². The van der Waals surface area contributed by atoms with Crippen LogP contribution >= 0.6 is 0 Å². The van der Waals surface area contributed by atoms with Crippen LogP contribution in [0.3, 0.4) is 0 Å². The maximum atomic E-state index is 12.4. The van der Waals surface area contributed by atoms with Crippen LogP contribution in [0.1, 0.15) is 30.9 Å². The monoisotopic (exact) mass is 347 g/mol. The van der Waals surface area contributed by atoms with Crippen LogP contribution in [-0.4, -0.2) is 25.5 Å². The second kappa shape index (κ2) is 7.59. The van der Waals surface area contributed by atoms with Gasteiger partial charge in [-0.3, -0.25) is 4.79 Å². The van der Waals surface area contributed by atoms with Gasteiger partial charge in [0.05, 0.1) is 4.90 Å². The lowest BCUT2D eigenvalue weighted by atomic mass is 10.0. The second-order valence-corrected chi connectivity index (χ2v) is 7.64. The summed E-state index contributed by atoms with van der Waals surface area (Å²) in [5.74, 6) is -0.916. The van der Waals surface area contributed by atoms with E-state index in [-0.39, 0.29) is 11.3 Å². The Morgan fingerprint density at radius 1 is 1.04 bits per heavy atom. The average molecular weight is 347 g/mol. The van der Waals surface area contributed by atoms with Crippen molar-refractivity contribution in [3.8, 4) is 0 Å². The number of sulfonamides is 1. The van der Waals surface area contributed by atoms with Gasteiger partial charge in [0, 0.05) is 0 Å². The molecule has 2 aromatic rings. The van der Waals surface area contributed by atoms with Gasteiger partial charge in [-0.05, 0) is 35.6 Å². The van der Waals surface area contributed by atoms with E-state index >= 15 is 0 Å². The molecule has 0 radical (unpaired) electrons. The zero-order valence-electron chi connectivity index (χ0n) is 13.6. The Hall–Kier alpha value is -2.18. The number of benzene rings is 2. The van der Waals surface area contributed by atoms with E-state index in [9.17, 15) is 18.3 Å². The molecule has 0 saturated heterocycles. The summed E-state index contributed by atoms with van der Waals surface area (Å²) in [6.45, 7) is 4.03. The lowest BCUT2D eigenvalue weighted by Crippen LogP contribution is -2.42. The molecule has 0 bridgehead atoms. The van der Waals surface area contributed by atoms with Crippen molar-refractivity contribution in [1.29, 1.82) is 0 Å². The summed E-state index contributed by atoms with van der Waals surface area (Å²) in [6, 6.07) is 14.2. The molecule has 1 atom stereocenters. The molecule has 0 aromatic heterocycles. The number of aliphatic carboxylic acids is 1. The molecule has 2 N–H and O–H groups in total. The van der Waals surface area contributed by atoms with Gasteiger partial charge in [0.2, 0.25) is 10.0 Å². The van der Waals surface area contributed by atoms with E-state index in [1.807, 2.05) is 19.9 Å². The number of carboxylic acids is 1. The smallest absolute Gasteiger partial charge is 0.322 e. The Kier molecular flexibility index (Phi) is 5.75. The molecular weight excluding hydrogens is 326 g/mol. The third-order valence-electron chi connectivity index (χ3n) is 3.74. The van der Waals surface area contributed by atoms with Crippen LogP contribution < -0.4 is 4.72 Å². The van der Waals surface area contributed by atoms with Gasteiger partial charge in [-0.15, -0.1) is 0 Å². The van der Waals surface area contributed by atoms with Crippen LogP contribution in [0, 0.1) is 0 Å². The van der Waals surface area contributed by atoms with Crippen LogP contribution in [0.2, 0.25) is 0 Å². The highest BCUT2D eigenvalue weighted by Gasteiger charge is 2.25. The Balaban J connectivity index is 2.19. The summed E-state index contributed by atoms with van der Waals surface area (Å²) in [4.78, 5) is 11.5. The van der Waals surface area contributed by atoms with Crippen molar-refractivity contribution in [1.82, 2.24) is 4.72 Å². The number of carboxylic acid groups (broad SMARTS) is 1. The summed E-state index contributed by atoms with van der Waals surface area (Å²) in [5, 5.41) is 9.33. The Bertz CT molecular complexity index is 784. The third kappa shape index (κ3) is 4.66. The molecule has 0 heterocycles. The number of carbonyl (C=O) groups is 1. The number of nitrogens with one attached hydrogen (secondary N) is 1. The molecule has 5 nitrogen and oxygen atoms in total. The summed E-state index contributed by atoms with van der Waals surface area (Å²) in [6.07, 6.45) is 0.0828. The molecule has 0 aliphatic carbocycles. The molecule has 2 rings (SSSR count). The zero-order chi connectivity index (χ0) is 17.7. The van der Waals surface area contributed by atoms with Gasteiger partial charge in [0.25, 0.3) is 0 Å². The van der Waals surface area contributed by atoms with Crippen LogP contribution in [0.15, 0.2) is 59.5 Å². The number of rotatable bonds is 7. The van der Waals surface area contributed by atoms with Gasteiger partial charge >= 0.3 is 5.97 Å². The molecule has 2 aromatic carbocycles. The minimum absolute atomic E-state index is 0.0613. The second-order valence-electron chi connectivity index (χ2n) is 5.93. The van der Waals surface area contributed by atoms with Crippen LogP contribution in [0.4, 0.5) is 0 Å². The number of hydrogen-bond donors (Lipinski definition) is 2. The first kappa shape index (κ1) is 18.2. The lowest BCUT2D eigenvalue weighted by Gasteiger charge is -2.15. The highest BCUT2D eigenvalue weighted by atomic mass is 32.2. The topological polar surface area (TPSA) is 83.5 Å². The quantitative estimate of drug-likeness (QED) is 0.807. The van der Waals surface area contributed by atoms with Crippen molar-refractivity contribution in [2.75, 3.05) is 0 Å².